The molecule has 74 valence electrons. The smallest absolute Gasteiger partial charge is 0.0252 e. The van der Waals surface area contributed by atoms with Crippen molar-refractivity contribution < 1.29 is 0 Å². The molecule has 2 saturated carbocycles. The molecular formula is C12H21N. The third-order valence-electron chi connectivity index (χ3n) is 5.06. The molecule has 1 N–H and O–H groups in total. The monoisotopic (exact) mass is 179 g/mol. The quantitative estimate of drug-likeness (QED) is 0.566. The number of hydrogen-bond donors (Lipinski definition) is 1. The molecule has 7 atom stereocenters. The van der Waals surface area contributed by atoms with Crippen molar-refractivity contribution in [2.45, 2.75) is 45.7 Å². The Morgan fingerprint density at radius 1 is 0.923 bits per heavy atom. The zero-order valence-corrected chi connectivity index (χ0v) is 8.96. The topological polar surface area (TPSA) is 21.9 Å². The Morgan fingerprint density at radius 2 is 1.62 bits per heavy atom. The van der Waals surface area contributed by atoms with Gasteiger partial charge in [-0.25, -0.2) is 0 Å². The molecule has 0 aromatic carbocycles. The Kier molecular flexibility index (Phi) is 1.59. The van der Waals surface area contributed by atoms with E-state index in [1.165, 1.54) is 12.8 Å². The molecule has 0 spiro atoms. The lowest BCUT2D eigenvalue weighted by molar-refractivity contribution is 0.275. The average molecular weight is 179 g/mol. The molecule has 3 aliphatic rings. The molecule has 0 radical (unpaired) electrons. The van der Waals surface area contributed by atoms with Gasteiger partial charge in [-0.1, -0.05) is 20.8 Å². The Balaban J connectivity index is 1.79. The third kappa shape index (κ3) is 1.16. The van der Waals surface area contributed by atoms with Crippen LogP contribution in [0.1, 0.15) is 33.6 Å². The van der Waals surface area contributed by atoms with E-state index in [2.05, 4.69) is 26.1 Å². The van der Waals surface area contributed by atoms with Gasteiger partial charge in [0.2, 0.25) is 0 Å². The van der Waals surface area contributed by atoms with E-state index in [0.717, 1.165) is 41.7 Å². The Bertz CT molecular complexity index is 223. The molecule has 1 saturated heterocycles. The van der Waals surface area contributed by atoms with Gasteiger partial charge >= 0.3 is 0 Å². The lowest BCUT2D eigenvalue weighted by Crippen LogP contribution is -2.21. The van der Waals surface area contributed by atoms with Crippen LogP contribution in [0.3, 0.4) is 0 Å². The van der Waals surface area contributed by atoms with Gasteiger partial charge in [0.1, 0.15) is 0 Å². The van der Waals surface area contributed by atoms with Crippen LogP contribution in [0.25, 0.3) is 0 Å². The molecule has 13 heavy (non-hydrogen) atoms. The predicted molar refractivity (Wildman–Crippen MR) is 54.4 cm³/mol. The van der Waals surface area contributed by atoms with Crippen molar-refractivity contribution in [3.05, 3.63) is 0 Å². The van der Waals surface area contributed by atoms with Gasteiger partial charge in [-0.05, 0) is 42.4 Å². The van der Waals surface area contributed by atoms with Crippen molar-refractivity contribution >= 4 is 0 Å². The Hall–Kier alpha value is -0.0400. The fraction of sp³-hybridized carbons (Fsp3) is 1.00. The van der Waals surface area contributed by atoms with Crippen LogP contribution in [-0.4, -0.2) is 12.1 Å². The molecule has 3 rings (SSSR count). The summed E-state index contributed by atoms with van der Waals surface area (Å²) in [7, 11) is 0. The summed E-state index contributed by atoms with van der Waals surface area (Å²) in [5.74, 6) is 5.04. The van der Waals surface area contributed by atoms with Crippen molar-refractivity contribution in [3.63, 3.8) is 0 Å². The van der Waals surface area contributed by atoms with Gasteiger partial charge in [-0.2, -0.15) is 0 Å². The first-order valence-electron chi connectivity index (χ1n) is 5.94. The van der Waals surface area contributed by atoms with Gasteiger partial charge in [0.25, 0.3) is 0 Å². The van der Waals surface area contributed by atoms with Crippen LogP contribution >= 0.6 is 0 Å². The minimum Gasteiger partial charge on any atom is -0.308 e. The van der Waals surface area contributed by atoms with Gasteiger partial charge < -0.3 is 5.32 Å². The minimum atomic E-state index is 0.883. The lowest BCUT2D eigenvalue weighted by Gasteiger charge is -2.23. The van der Waals surface area contributed by atoms with Gasteiger partial charge in [0, 0.05) is 12.1 Å². The van der Waals surface area contributed by atoms with Crippen molar-refractivity contribution in [3.8, 4) is 0 Å². The van der Waals surface area contributed by atoms with Crippen LogP contribution in [0.15, 0.2) is 0 Å². The molecule has 0 aromatic rings. The van der Waals surface area contributed by atoms with Crippen LogP contribution in [0.2, 0.25) is 0 Å². The van der Waals surface area contributed by atoms with Crippen LogP contribution < -0.4 is 5.32 Å². The van der Waals surface area contributed by atoms with Crippen molar-refractivity contribution in [1.29, 1.82) is 0 Å². The normalized spacial score (nSPS) is 64.4. The summed E-state index contributed by atoms with van der Waals surface area (Å²) in [5.41, 5.74) is 0. The largest absolute Gasteiger partial charge is 0.308 e. The van der Waals surface area contributed by atoms with E-state index in [9.17, 15) is 0 Å². The SMILES string of the molecule is CC1C2CC2[C@H](C)C(C)CC2NC21. The molecular weight excluding hydrogens is 158 g/mol. The van der Waals surface area contributed by atoms with Crippen LogP contribution in [0.4, 0.5) is 0 Å². The molecule has 1 aliphatic heterocycles. The molecule has 1 heterocycles. The molecule has 3 fully saturated rings. The number of hydrogen-bond acceptors (Lipinski definition) is 1. The summed E-state index contributed by atoms with van der Waals surface area (Å²) in [5, 5.41) is 3.67. The van der Waals surface area contributed by atoms with Crippen LogP contribution in [0, 0.1) is 29.6 Å². The van der Waals surface area contributed by atoms with Crippen molar-refractivity contribution in [2.24, 2.45) is 29.6 Å². The fourth-order valence-corrected chi connectivity index (χ4v) is 3.67. The fourth-order valence-electron chi connectivity index (χ4n) is 3.67. The highest BCUT2D eigenvalue weighted by Crippen LogP contribution is 2.56. The zero-order valence-electron chi connectivity index (χ0n) is 8.96. The van der Waals surface area contributed by atoms with E-state index >= 15 is 0 Å². The number of fused-ring (bicyclic) bond motifs is 2. The first kappa shape index (κ1) is 8.28. The highest BCUT2D eigenvalue weighted by Gasteiger charge is 2.55. The first-order chi connectivity index (χ1) is 6.18. The van der Waals surface area contributed by atoms with Crippen LogP contribution in [-0.2, 0) is 0 Å². The van der Waals surface area contributed by atoms with Gasteiger partial charge in [-0.3, -0.25) is 0 Å². The summed E-state index contributed by atoms with van der Waals surface area (Å²) in [6.45, 7) is 7.39. The summed E-state index contributed by atoms with van der Waals surface area (Å²) in [6, 6.07) is 1.78. The van der Waals surface area contributed by atoms with E-state index in [1.54, 1.807) is 0 Å². The standard InChI is InChI=1S/C12H21N/c1-6-4-11-12(13-11)8(3)10-5-9(10)7(6)2/h6-13H,4-5H2,1-3H3/t6?,7-,8?,9?,10?,11?,12?/m1/s1. The van der Waals surface area contributed by atoms with E-state index in [-0.39, 0.29) is 0 Å². The summed E-state index contributed by atoms with van der Waals surface area (Å²) in [6.07, 6.45) is 2.96. The maximum absolute atomic E-state index is 3.67. The lowest BCUT2D eigenvalue weighted by atomic mass is 9.81. The summed E-state index contributed by atoms with van der Waals surface area (Å²) >= 11 is 0. The molecule has 0 aromatic heterocycles. The van der Waals surface area contributed by atoms with E-state index in [0.29, 0.717) is 0 Å². The molecule has 1 heteroatoms. The number of rotatable bonds is 0. The third-order valence-corrected chi connectivity index (χ3v) is 5.06. The molecule has 2 aliphatic carbocycles. The van der Waals surface area contributed by atoms with Gasteiger partial charge in [-0.15, -0.1) is 0 Å². The second-order valence-electron chi connectivity index (χ2n) is 5.79. The predicted octanol–water partition coefficient (Wildman–Crippen LogP) is 2.27. The maximum atomic E-state index is 3.67. The molecule has 0 bridgehead atoms. The van der Waals surface area contributed by atoms with Crippen molar-refractivity contribution in [1.82, 2.24) is 5.32 Å². The highest BCUT2D eigenvalue weighted by molar-refractivity contribution is 5.10. The maximum Gasteiger partial charge on any atom is 0.0252 e. The average Bonchev–Trinajstić information content (AvgIpc) is 2.95. The minimum absolute atomic E-state index is 0.883. The summed E-state index contributed by atoms with van der Waals surface area (Å²) < 4.78 is 0. The highest BCUT2D eigenvalue weighted by atomic mass is 15.2. The Morgan fingerprint density at radius 3 is 2.38 bits per heavy atom. The first-order valence-corrected chi connectivity index (χ1v) is 5.94. The summed E-state index contributed by atoms with van der Waals surface area (Å²) in [4.78, 5) is 0. The van der Waals surface area contributed by atoms with Gasteiger partial charge in [0.15, 0.2) is 0 Å². The molecule has 1 nitrogen and oxygen atoms in total. The second-order valence-corrected chi connectivity index (χ2v) is 5.79. The van der Waals surface area contributed by atoms with E-state index in [4.69, 9.17) is 0 Å². The van der Waals surface area contributed by atoms with E-state index < -0.39 is 0 Å². The van der Waals surface area contributed by atoms with E-state index in [1.807, 2.05) is 0 Å². The number of nitrogens with one attached hydrogen (secondary N) is 1. The van der Waals surface area contributed by atoms with Gasteiger partial charge in [0.05, 0.1) is 0 Å². The Labute approximate surface area is 81.3 Å². The zero-order chi connectivity index (χ0) is 9.16. The van der Waals surface area contributed by atoms with Crippen LogP contribution in [0.5, 0.6) is 0 Å². The molecule has 6 unspecified atom stereocenters. The molecule has 0 amide bonds. The van der Waals surface area contributed by atoms with Crippen molar-refractivity contribution in [2.75, 3.05) is 0 Å². The second kappa shape index (κ2) is 2.50.